The lowest BCUT2D eigenvalue weighted by molar-refractivity contribution is 1.30. The third-order valence-electron chi connectivity index (χ3n) is 9.86. The minimum atomic E-state index is 1.11. The van der Waals surface area contributed by atoms with E-state index < -0.39 is 0 Å². The molecule has 0 aromatic heterocycles. The Morgan fingerprint density at radius 2 is 0.765 bits per heavy atom. The van der Waals surface area contributed by atoms with Gasteiger partial charge in [-0.3, -0.25) is 0 Å². The van der Waals surface area contributed by atoms with E-state index in [1.165, 1.54) is 66.1 Å². The minimum absolute atomic E-state index is 1.11. The SMILES string of the molecule is c1ccc(-c2ccccc2-c2cccc(N(c3ccc(-c4cccc(-c5cccc6ccccc56)c4)cc3)c3cccc4ccccc34)c2)cc1. The summed E-state index contributed by atoms with van der Waals surface area (Å²) in [6, 6.07) is 76.6. The van der Waals surface area contributed by atoms with E-state index in [9.17, 15) is 0 Å². The fourth-order valence-corrected chi connectivity index (χ4v) is 7.39. The van der Waals surface area contributed by atoms with Crippen LogP contribution in [0.1, 0.15) is 0 Å². The average Bonchev–Trinajstić information content (AvgIpc) is 3.21. The van der Waals surface area contributed by atoms with Crippen LogP contribution in [0.5, 0.6) is 0 Å². The van der Waals surface area contributed by atoms with Gasteiger partial charge in [0.2, 0.25) is 0 Å². The molecule has 9 aromatic rings. The van der Waals surface area contributed by atoms with Crippen LogP contribution in [0.2, 0.25) is 0 Å². The molecule has 0 spiro atoms. The third-order valence-corrected chi connectivity index (χ3v) is 9.86. The number of anilines is 3. The lowest BCUT2D eigenvalue weighted by atomic mass is 9.94. The van der Waals surface area contributed by atoms with E-state index in [2.05, 4.69) is 217 Å². The molecule has 0 saturated carbocycles. The average molecular weight is 650 g/mol. The van der Waals surface area contributed by atoms with Crippen molar-refractivity contribution in [2.75, 3.05) is 4.90 Å². The van der Waals surface area contributed by atoms with Crippen molar-refractivity contribution in [1.29, 1.82) is 0 Å². The Balaban J connectivity index is 1.14. The zero-order chi connectivity index (χ0) is 34.0. The van der Waals surface area contributed by atoms with Gasteiger partial charge in [-0.1, -0.05) is 176 Å². The Labute approximate surface area is 299 Å². The smallest absolute Gasteiger partial charge is 0.0540 e. The van der Waals surface area contributed by atoms with Gasteiger partial charge in [-0.05, 0) is 97.1 Å². The zero-order valence-corrected chi connectivity index (χ0v) is 28.2. The largest absolute Gasteiger partial charge is 0.310 e. The molecule has 0 amide bonds. The minimum Gasteiger partial charge on any atom is -0.310 e. The van der Waals surface area contributed by atoms with Gasteiger partial charge < -0.3 is 4.90 Å². The molecule has 1 nitrogen and oxygen atoms in total. The molecule has 1 heteroatoms. The lowest BCUT2D eigenvalue weighted by Crippen LogP contribution is -2.10. The number of hydrogen-bond donors (Lipinski definition) is 0. The molecule has 0 bridgehead atoms. The van der Waals surface area contributed by atoms with Crippen LogP contribution in [0, 0.1) is 0 Å². The summed E-state index contributed by atoms with van der Waals surface area (Å²) >= 11 is 0. The number of nitrogens with zero attached hydrogens (tertiary/aromatic N) is 1. The van der Waals surface area contributed by atoms with E-state index in [4.69, 9.17) is 0 Å². The molecule has 0 unspecified atom stereocenters. The highest BCUT2D eigenvalue weighted by Gasteiger charge is 2.17. The number of rotatable bonds is 7. The van der Waals surface area contributed by atoms with Crippen molar-refractivity contribution < 1.29 is 0 Å². The Morgan fingerprint density at radius 3 is 1.55 bits per heavy atom. The van der Waals surface area contributed by atoms with Gasteiger partial charge >= 0.3 is 0 Å². The van der Waals surface area contributed by atoms with Crippen molar-refractivity contribution in [1.82, 2.24) is 0 Å². The van der Waals surface area contributed by atoms with Crippen LogP contribution in [-0.4, -0.2) is 0 Å². The Bertz CT molecular complexity index is 2630. The predicted octanol–water partition coefficient (Wildman–Crippen LogP) is 14.1. The normalized spacial score (nSPS) is 11.1. The molecule has 51 heavy (non-hydrogen) atoms. The molecular formula is C50H35N. The molecule has 0 saturated heterocycles. The van der Waals surface area contributed by atoms with Crippen LogP contribution in [0.4, 0.5) is 17.1 Å². The maximum atomic E-state index is 2.40. The van der Waals surface area contributed by atoms with E-state index >= 15 is 0 Å². The number of fused-ring (bicyclic) bond motifs is 2. The highest BCUT2D eigenvalue weighted by molar-refractivity contribution is 6.00. The van der Waals surface area contributed by atoms with Gasteiger partial charge in [0.1, 0.15) is 0 Å². The van der Waals surface area contributed by atoms with E-state index in [1.54, 1.807) is 0 Å². The van der Waals surface area contributed by atoms with Crippen LogP contribution in [-0.2, 0) is 0 Å². The van der Waals surface area contributed by atoms with Gasteiger partial charge in [-0.25, -0.2) is 0 Å². The van der Waals surface area contributed by atoms with Crippen molar-refractivity contribution in [2.45, 2.75) is 0 Å². The first-order chi connectivity index (χ1) is 25.3. The Morgan fingerprint density at radius 1 is 0.255 bits per heavy atom. The molecule has 0 N–H and O–H groups in total. The van der Waals surface area contributed by atoms with Crippen LogP contribution >= 0.6 is 0 Å². The van der Waals surface area contributed by atoms with Crippen LogP contribution in [0.3, 0.4) is 0 Å². The quantitative estimate of drug-likeness (QED) is 0.166. The predicted molar refractivity (Wildman–Crippen MR) is 218 cm³/mol. The molecule has 0 atom stereocenters. The first-order valence-electron chi connectivity index (χ1n) is 17.5. The second-order valence-electron chi connectivity index (χ2n) is 13.0. The van der Waals surface area contributed by atoms with Gasteiger partial charge in [-0.15, -0.1) is 0 Å². The van der Waals surface area contributed by atoms with Crippen molar-refractivity contribution in [3.8, 4) is 44.5 Å². The monoisotopic (exact) mass is 649 g/mol. The molecule has 0 aliphatic heterocycles. The van der Waals surface area contributed by atoms with Crippen molar-refractivity contribution in [3.05, 3.63) is 212 Å². The van der Waals surface area contributed by atoms with Crippen LogP contribution in [0.25, 0.3) is 66.1 Å². The van der Waals surface area contributed by atoms with E-state index in [1.807, 2.05) is 0 Å². The molecule has 0 radical (unpaired) electrons. The van der Waals surface area contributed by atoms with E-state index in [0.29, 0.717) is 0 Å². The Hall–Kier alpha value is -6.70. The maximum Gasteiger partial charge on any atom is 0.0540 e. The zero-order valence-electron chi connectivity index (χ0n) is 28.2. The lowest BCUT2D eigenvalue weighted by Gasteiger charge is -2.27. The second kappa shape index (κ2) is 13.3. The Kier molecular flexibility index (Phi) is 7.92. The molecule has 9 aromatic carbocycles. The standard InChI is InChI=1S/C50H35N/c1-2-14-37(15-3-1)45-25-8-9-26-47(45)42-22-11-23-44(35-42)51(50-29-13-19-39-17-5-7-27-49(39)50)43-32-30-36(31-33-43)40-20-10-21-41(34-40)48-28-12-18-38-16-4-6-24-46(38)48/h1-35H. The molecule has 0 aliphatic rings. The van der Waals surface area contributed by atoms with Crippen LogP contribution < -0.4 is 4.90 Å². The first-order valence-corrected chi connectivity index (χ1v) is 17.5. The second-order valence-corrected chi connectivity index (χ2v) is 13.0. The van der Waals surface area contributed by atoms with Gasteiger partial charge in [0.25, 0.3) is 0 Å². The summed E-state index contributed by atoms with van der Waals surface area (Å²) in [5.74, 6) is 0. The van der Waals surface area contributed by atoms with Crippen molar-refractivity contribution >= 4 is 38.6 Å². The summed E-state index contributed by atoms with van der Waals surface area (Å²) in [7, 11) is 0. The summed E-state index contributed by atoms with van der Waals surface area (Å²) in [6.45, 7) is 0. The molecule has 0 fully saturated rings. The summed E-state index contributed by atoms with van der Waals surface area (Å²) in [4.78, 5) is 2.40. The maximum absolute atomic E-state index is 2.40. The van der Waals surface area contributed by atoms with E-state index in [0.717, 1.165) is 17.1 Å². The summed E-state index contributed by atoms with van der Waals surface area (Å²) in [5.41, 5.74) is 13.0. The molecule has 9 rings (SSSR count). The molecular weight excluding hydrogens is 615 g/mol. The topological polar surface area (TPSA) is 3.24 Å². The highest BCUT2D eigenvalue weighted by Crippen LogP contribution is 2.42. The fraction of sp³-hybridized carbons (Fsp3) is 0. The van der Waals surface area contributed by atoms with Crippen molar-refractivity contribution in [2.24, 2.45) is 0 Å². The van der Waals surface area contributed by atoms with Gasteiger partial charge in [0.15, 0.2) is 0 Å². The third kappa shape index (κ3) is 5.86. The highest BCUT2D eigenvalue weighted by atomic mass is 15.1. The van der Waals surface area contributed by atoms with Gasteiger partial charge in [0, 0.05) is 16.8 Å². The fourth-order valence-electron chi connectivity index (χ4n) is 7.39. The number of benzene rings is 9. The van der Waals surface area contributed by atoms with Gasteiger partial charge in [0.05, 0.1) is 5.69 Å². The molecule has 240 valence electrons. The summed E-state index contributed by atoms with van der Waals surface area (Å²) < 4.78 is 0. The van der Waals surface area contributed by atoms with Gasteiger partial charge in [-0.2, -0.15) is 0 Å². The van der Waals surface area contributed by atoms with E-state index in [-0.39, 0.29) is 0 Å². The summed E-state index contributed by atoms with van der Waals surface area (Å²) in [6.07, 6.45) is 0. The number of hydrogen-bond acceptors (Lipinski definition) is 1. The first kappa shape index (κ1) is 30.4. The summed E-state index contributed by atoms with van der Waals surface area (Å²) in [5, 5.41) is 4.95. The van der Waals surface area contributed by atoms with Crippen molar-refractivity contribution in [3.63, 3.8) is 0 Å². The molecule has 0 aliphatic carbocycles. The molecule has 0 heterocycles. The van der Waals surface area contributed by atoms with Crippen LogP contribution in [0.15, 0.2) is 212 Å².